The smallest absolute Gasteiger partial charge is 0.467 e. The Kier molecular flexibility index (Phi) is 6.20. The van der Waals surface area contributed by atoms with Gasteiger partial charge < -0.3 is 19.1 Å². The van der Waals surface area contributed by atoms with Gasteiger partial charge in [-0.05, 0) is 38.0 Å². The van der Waals surface area contributed by atoms with E-state index in [1.807, 2.05) is 13.8 Å². The highest BCUT2D eigenvalue weighted by atomic mass is 32.2. The lowest BCUT2D eigenvalue weighted by Crippen LogP contribution is -2.62. The summed E-state index contributed by atoms with van der Waals surface area (Å²) < 4.78 is 14.4. The number of esters is 1. The Labute approximate surface area is 177 Å². The van der Waals surface area contributed by atoms with E-state index in [0.717, 1.165) is 0 Å². The number of carbonyl (C=O) groups is 3. The molecule has 1 amide bonds. The maximum atomic E-state index is 12.5. The van der Waals surface area contributed by atoms with Crippen LogP contribution >= 0.6 is 11.8 Å². The molecular formula is C19H22N2O8S. The number of benzene rings is 1. The zero-order valence-corrected chi connectivity index (χ0v) is 17.5. The van der Waals surface area contributed by atoms with Gasteiger partial charge in [0, 0.05) is 16.9 Å². The zero-order chi connectivity index (χ0) is 22.1. The molecule has 2 heterocycles. The van der Waals surface area contributed by atoms with E-state index in [9.17, 15) is 24.5 Å². The predicted molar refractivity (Wildman–Crippen MR) is 105 cm³/mol. The van der Waals surface area contributed by atoms with Crippen molar-refractivity contribution in [1.82, 2.24) is 4.90 Å². The maximum absolute atomic E-state index is 12.5. The molecule has 3 atom stereocenters. The molecule has 2 aliphatic heterocycles. The number of ether oxygens (including phenoxy) is 3. The number of carbonyl (C=O) groups excluding carboxylic acids is 3. The molecule has 0 spiro atoms. The first-order valence-corrected chi connectivity index (χ1v) is 10.1. The normalized spacial score (nSPS) is 23.9. The Hall–Kier alpha value is -2.82. The van der Waals surface area contributed by atoms with Crippen LogP contribution in [0.15, 0.2) is 24.3 Å². The second kappa shape index (κ2) is 8.50. The van der Waals surface area contributed by atoms with Crippen LogP contribution in [-0.2, 0) is 30.4 Å². The minimum atomic E-state index is -0.885. The van der Waals surface area contributed by atoms with Crippen LogP contribution in [0.5, 0.6) is 0 Å². The molecule has 0 aliphatic carbocycles. The lowest BCUT2D eigenvalue weighted by atomic mass is 9.90. The molecule has 2 aliphatic rings. The van der Waals surface area contributed by atoms with Gasteiger partial charge >= 0.3 is 12.1 Å². The summed E-state index contributed by atoms with van der Waals surface area (Å²) in [6, 6.07) is 4.99. The Morgan fingerprint density at radius 2 is 1.90 bits per heavy atom. The summed E-state index contributed by atoms with van der Waals surface area (Å²) >= 11 is 1.54. The molecule has 1 aromatic rings. The van der Waals surface area contributed by atoms with E-state index in [0.29, 0.717) is 12.0 Å². The van der Waals surface area contributed by atoms with E-state index in [-0.39, 0.29) is 36.1 Å². The molecule has 0 bridgehead atoms. The summed E-state index contributed by atoms with van der Waals surface area (Å²) in [4.78, 5) is 48.0. The standard InChI is InChI=1S/C19H22N2O8S/c1-19(2)14(17(23)27-3)20-15(22)13(16(20)30-19)8-9-28-18(24)29-10-11-4-6-12(7-5-11)21(25)26/h4-7,13-14,16H,8-10H2,1-3H3/t13-,14+,16-/m1/s1. The second-order valence-electron chi connectivity index (χ2n) is 7.49. The van der Waals surface area contributed by atoms with Gasteiger partial charge in [-0.25, -0.2) is 9.59 Å². The topological polar surface area (TPSA) is 125 Å². The van der Waals surface area contributed by atoms with Crippen LogP contribution in [0.2, 0.25) is 0 Å². The number of nitro groups is 1. The van der Waals surface area contributed by atoms with Crippen LogP contribution in [0, 0.1) is 16.0 Å². The lowest BCUT2D eigenvalue weighted by Gasteiger charge is -2.43. The molecule has 2 fully saturated rings. The number of rotatable bonds is 7. The van der Waals surface area contributed by atoms with Gasteiger partial charge in [0.15, 0.2) is 0 Å². The van der Waals surface area contributed by atoms with Gasteiger partial charge in [0.05, 0.1) is 29.9 Å². The number of nitrogens with zero attached hydrogens (tertiary/aromatic N) is 2. The van der Waals surface area contributed by atoms with Crippen LogP contribution in [-0.4, -0.2) is 57.7 Å². The summed E-state index contributed by atoms with van der Waals surface area (Å²) in [7, 11) is 1.30. The number of hydrogen-bond donors (Lipinski definition) is 0. The van der Waals surface area contributed by atoms with Crippen molar-refractivity contribution in [1.29, 1.82) is 0 Å². The van der Waals surface area contributed by atoms with Gasteiger partial charge in [0.2, 0.25) is 5.91 Å². The molecular weight excluding hydrogens is 416 g/mol. The summed E-state index contributed by atoms with van der Waals surface area (Å²) in [6.07, 6.45) is -0.562. The summed E-state index contributed by atoms with van der Waals surface area (Å²) in [5.74, 6) is -0.935. The summed E-state index contributed by atoms with van der Waals surface area (Å²) in [6.45, 7) is 3.71. The van der Waals surface area contributed by atoms with Crippen LogP contribution < -0.4 is 0 Å². The fraction of sp³-hybridized carbons (Fsp3) is 0.526. The highest BCUT2D eigenvalue weighted by Crippen LogP contribution is 2.54. The molecule has 162 valence electrons. The van der Waals surface area contributed by atoms with Crippen LogP contribution in [0.25, 0.3) is 0 Å². The minimum Gasteiger partial charge on any atom is -0.467 e. The van der Waals surface area contributed by atoms with Gasteiger partial charge in [-0.1, -0.05) is 0 Å². The SMILES string of the molecule is COC(=O)[C@@H]1N2C(=O)[C@@H](CCOC(=O)OCc3ccc([N+](=O)[O-])cc3)[C@H]2SC1(C)C. The summed E-state index contributed by atoms with van der Waals surface area (Å²) in [5.41, 5.74) is 0.531. The Morgan fingerprint density at radius 1 is 1.23 bits per heavy atom. The molecule has 1 aromatic carbocycles. The third-order valence-electron chi connectivity index (χ3n) is 5.13. The van der Waals surface area contributed by atoms with Crippen molar-refractivity contribution < 1.29 is 33.5 Å². The minimum absolute atomic E-state index is 0.00369. The van der Waals surface area contributed by atoms with Crippen molar-refractivity contribution in [2.45, 2.75) is 43.0 Å². The van der Waals surface area contributed by atoms with Crippen molar-refractivity contribution in [3.05, 3.63) is 39.9 Å². The van der Waals surface area contributed by atoms with E-state index < -0.39 is 27.8 Å². The molecule has 0 saturated carbocycles. The quantitative estimate of drug-likeness (QED) is 0.273. The van der Waals surface area contributed by atoms with Crippen LogP contribution in [0.1, 0.15) is 25.8 Å². The number of thioether (sulfide) groups is 1. The molecule has 0 radical (unpaired) electrons. The first kappa shape index (κ1) is 21.9. The number of methoxy groups -OCH3 is 1. The second-order valence-corrected chi connectivity index (χ2v) is 9.26. The number of non-ortho nitro benzene ring substituents is 1. The molecule has 0 N–H and O–H groups in total. The molecule has 11 heteroatoms. The third-order valence-corrected chi connectivity index (χ3v) is 6.76. The van der Waals surface area contributed by atoms with Crippen molar-refractivity contribution in [3.63, 3.8) is 0 Å². The van der Waals surface area contributed by atoms with Gasteiger partial charge in [-0.3, -0.25) is 14.9 Å². The largest absolute Gasteiger partial charge is 0.508 e. The Balaban J connectivity index is 1.43. The highest BCUT2D eigenvalue weighted by molar-refractivity contribution is 8.01. The fourth-order valence-corrected chi connectivity index (χ4v) is 5.33. The van der Waals surface area contributed by atoms with Crippen LogP contribution in [0.3, 0.4) is 0 Å². The van der Waals surface area contributed by atoms with Crippen molar-refractivity contribution in [3.8, 4) is 0 Å². The number of fused-ring (bicyclic) bond motifs is 1. The average molecular weight is 438 g/mol. The molecule has 30 heavy (non-hydrogen) atoms. The number of hydrogen-bond acceptors (Lipinski definition) is 9. The van der Waals surface area contributed by atoms with Gasteiger partial charge in [0.25, 0.3) is 5.69 Å². The van der Waals surface area contributed by atoms with Gasteiger partial charge in [-0.15, -0.1) is 11.8 Å². The number of amides is 1. The van der Waals surface area contributed by atoms with Crippen molar-refractivity contribution >= 4 is 35.5 Å². The van der Waals surface area contributed by atoms with E-state index in [1.54, 1.807) is 4.90 Å². The zero-order valence-electron chi connectivity index (χ0n) is 16.7. The number of nitro benzene ring substituents is 1. The monoisotopic (exact) mass is 438 g/mol. The van der Waals surface area contributed by atoms with Crippen molar-refractivity contribution in [2.75, 3.05) is 13.7 Å². The number of β-lactam (4-membered cyclic amide) rings is 1. The first-order valence-electron chi connectivity index (χ1n) is 9.26. The maximum Gasteiger partial charge on any atom is 0.508 e. The molecule has 10 nitrogen and oxygen atoms in total. The molecule has 0 aromatic heterocycles. The van der Waals surface area contributed by atoms with E-state index in [4.69, 9.17) is 14.2 Å². The fourth-order valence-electron chi connectivity index (χ4n) is 3.62. The first-order chi connectivity index (χ1) is 14.2. The Morgan fingerprint density at radius 3 is 2.50 bits per heavy atom. The highest BCUT2D eigenvalue weighted by Gasteiger charge is 2.63. The van der Waals surface area contributed by atoms with E-state index >= 15 is 0 Å². The van der Waals surface area contributed by atoms with Gasteiger partial charge in [-0.2, -0.15) is 0 Å². The molecule has 2 saturated heterocycles. The predicted octanol–water partition coefficient (Wildman–Crippen LogP) is 2.49. The van der Waals surface area contributed by atoms with E-state index in [1.165, 1.54) is 43.1 Å². The van der Waals surface area contributed by atoms with Crippen molar-refractivity contribution in [2.24, 2.45) is 5.92 Å². The van der Waals surface area contributed by atoms with E-state index in [2.05, 4.69) is 0 Å². The Bertz CT molecular complexity index is 857. The average Bonchev–Trinajstić information content (AvgIpc) is 2.97. The van der Waals surface area contributed by atoms with Crippen LogP contribution in [0.4, 0.5) is 10.5 Å². The third kappa shape index (κ3) is 4.20. The molecule has 0 unspecified atom stereocenters. The summed E-state index contributed by atoms with van der Waals surface area (Å²) in [5, 5.41) is 10.5. The van der Waals surface area contributed by atoms with Gasteiger partial charge in [0.1, 0.15) is 12.6 Å². The lowest BCUT2D eigenvalue weighted by molar-refractivity contribution is -0.384. The molecule has 3 rings (SSSR count).